The number of rotatable bonds is 17. The monoisotopic (exact) mass is 1140 g/mol. The van der Waals surface area contributed by atoms with E-state index in [1.54, 1.807) is 0 Å². The molecule has 17 nitrogen and oxygen atoms in total. The first-order valence-electron chi connectivity index (χ1n) is 23.0. The maximum Gasteiger partial charge on any atom is 0.337 e. The van der Waals surface area contributed by atoms with Gasteiger partial charge in [-0.1, -0.05) is 35.3 Å². The van der Waals surface area contributed by atoms with Gasteiger partial charge in [0.1, 0.15) is 36.5 Å². The SMILES string of the molecule is COC(=O)c1ccc(CN(c2ccc(F)c(Cl)c2)S(=O)(=O)CCN2CCN(C3COC3)CC2)c(F)c1.COC(=O)c1ccc(CN(c2ccc(F)c(Cl)c2)S(=O)(=O)CCN2CCNCC2)c(F)c1.Cl.O=C1COC1. The van der Waals surface area contributed by atoms with Crippen LogP contribution in [0.2, 0.25) is 10.0 Å². The highest BCUT2D eigenvalue weighted by Gasteiger charge is 2.31. The number of anilines is 2. The van der Waals surface area contributed by atoms with Crippen molar-refractivity contribution in [3.8, 4) is 0 Å². The topological polar surface area (TPSA) is 185 Å². The number of carbonyl (C=O) groups is 3. The van der Waals surface area contributed by atoms with Crippen molar-refractivity contribution in [3.63, 3.8) is 0 Å². The molecule has 74 heavy (non-hydrogen) atoms. The smallest absolute Gasteiger partial charge is 0.337 e. The van der Waals surface area contributed by atoms with E-state index in [0.717, 1.165) is 98.4 Å². The summed E-state index contributed by atoms with van der Waals surface area (Å²) in [6, 6.07) is 14.9. The Hall–Kier alpha value is -4.66. The molecular weight excluding hydrogens is 1080 g/mol. The van der Waals surface area contributed by atoms with Gasteiger partial charge in [-0.3, -0.25) is 28.1 Å². The molecule has 4 aliphatic heterocycles. The zero-order chi connectivity index (χ0) is 52.9. The third-order valence-corrected chi connectivity index (χ3v) is 16.2. The van der Waals surface area contributed by atoms with Crippen LogP contribution < -0.4 is 13.9 Å². The van der Waals surface area contributed by atoms with Crippen molar-refractivity contribution in [3.05, 3.63) is 128 Å². The minimum absolute atomic E-state index is 0. The van der Waals surface area contributed by atoms with Gasteiger partial charge in [-0.2, -0.15) is 0 Å². The molecule has 0 saturated carbocycles. The van der Waals surface area contributed by atoms with Crippen LogP contribution in [0.1, 0.15) is 31.8 Å². The van der Waals surface area contributed by atoms with E-state index in [1.807, 2.05) is 4.90 Å². The molecule has 4 saturated heterocycles. The van der Waals surface area contributed by atoms with Crippen molar-refractivity contribution in [2.24, 2.45) is 0 Å². The molecule has 0 aliphatic carbocycles. The fourth-order valence-corrected chi connectivity index (χ4v) is 11.1. The van der Waals surface area contributed by atoms with Crippen molar-refractivity contribution in [1.29, 1.82) is 0 Å². The van der Waals surface area contributed by atoms with Gasteiger partial charge in [0.25, 0.3) is 0 Å². The Labute approximate surface area is 444 Å². The number of ketones is 1. The van der Waals surface area contributed by atoms with E-state index in [2.05, 4.69) is 29.3 Å². The lowest BCUT2D eigenvalue weighted by atomic mass is 10.1. The Morgan fingerprint density at radius 2 is 1.05 bits per heavy atom. The molecule has 1 N–H and O–H groups in total. The Kier molecular flexibility index (Phi) is 22.7. The summed E-state index contributed by atoms with van der Waals surface area (Å²) in [5.74, 6) is -4.53. The predicted molar refractivity (Wildman–Crippen MR) is 273 cm³/mol. The first kappa shape index (κ1) is 60.2. The van der Waals surface area contributed by atoms with Gasteiger partial charge < -0.3 is 24.3 Å². The minimum Gasteiger partial charge on any atom is -0.465 e. The molecule has 8 rings (SSSR count). The largest absolute Gasteiger partial charge is 0.465 e. The van der Waals surface area contributed by atoms with Crippen molar-refractivity contribution in [1.82, 2.24) is 20.0 Å². The van der Waals surface area contributed by atoms with Crippen molar-refractivity contribution >= 4 is 84.8 Å². The van der Waals surface area contributed by atoms with E-state index < -0.39 is 55.3 Å². The predicted octanol–water partition coefficient (Wildman–Crippen LogP) is 5.41. The molecule has 0 atom stereocenters. The number of ether oxygens (including phenoxy) is 4. The van der Waals surface area contributed by atoms with Crippen LogP contribution in [0.3, 0.4) is 0 Å². The Bertz CT molecular complexity index is 2800. The van der Waals surface area contributed by atoms with Crippen LogP contribution in [0.4, 0.5) is 28.9 Å². The van der Waals surface area contributed by atoms with E-state index in [4.69, 9.17) is 27.9 Å². The highest BCUT2D eigenvalue weighted by Crippen LogP contribution is 2.30. The van der Waals surface area contributed by atoms with Crippen molar-refractivity contribution < 1.29 is 67.7 Å². The third kappa shape index (κ3) is 16.7. The van der Waals surface area contributed by atoms with Gasteiger partial charge in [0, 0.05) is 76.6 Å². The van der Waals surface area contributed by atoms with Gasteiger partial charge in [0.15, 0.2) is 5.78 Å². The molecule has 4 aromatic rings. The van der Waals surface area contributed by atoms with E-state index in [0.29, 0.717) is 32.3 Å². The summed E-state index contributed by atoms with van der Waals surface area (Å²) in [5, 5.41) is 2.71. The average molecular weight is 1140 g/mol. The number of halogens is 7. The molecule has 0 spiro atoms. The fourth-order valence-electron chi connectivity index (χ4n) is 7.75. The lowest BCUT2D eigenvalue weighted by molar-refractivity contribution is -0.140. The Morgan fingerprint density at radius 3 is 1.39 bits per heavy atom. The molecule has 0 amide bonds. The number of benzene rings is 4. The number of carbonyl (C=O) groups excluding carboxylic acids is 3. The van der Waals surface area contributed by atoms with Crippen LogP contribution in [0.5, 0.6) is 0 Å². The van der Waals surface area contributed by atoms with Gasteiger partial charge in [-0.05, 0) is 60.7 Å². The Morgan fingerprint density at radius 1 is 0.635 bits per heavy atom. The highest BCUT2D eigenvalue weighted by atomic mass is 35.5. The maximum absolute atomic E-state index is 14.8. The molecular formula is C48H57Cl3F4N6O11S2. The van der Waals surface area contributed by atoms with Crippen molar-refractivity contribution in [2.45, 2.75) is 19.1 Å². The van der Waals surface area contributed by atoms with Gasteiger partial charge in [0.05, 0.1) is 90.6 Å². The lowest BCUT2D eigenvalue weighted by Crippen LogP contribution is -2.57. The van der Waals surface area contributed by atoms with Crippen molar-refractivity contribution in [2.75, 3.05) is 126 Å². The maximum atomic E-state index is 14.8. The van der Waals surface area contributed by atoms with Crippen LogP contribution in [0.15, 0.2) is 72.8 Å². The number of esters is 2. The van der Waals surface area contributed by atoms with Crippen LogP contribution >= 0.6 is 35.6 Å². The summed E-state index contributed by atoms with van der Waals surface area (Å²) < 4.78 is 131. The summed E-state index contributed by atoms with van der Waals surface area (Å²) in [7, 11) is -5.51. The number of methoxy groups -OCH3 is 2. The number of piperazine rings is 2. The van der Waals surface area contributed by atoms with E-state index >= 15 is 0 Å². The molecule has 4 heterocycles. The standard InChI is InChI=1S/C24H28ClF2N3O5S.C21H24ClF2N3O4S.C3H4O2.ClH/c1-34-24(31)17-2-3-18(23(27)12-17)14-30(19-4-5-22(26)21(25)13-19)36(32,33)11-10-28-6-8-29(9-7-28)20-15-35-16-20;1-31-21(28)15-2-3-16(20(24)12-15)14-27(17-4-5-19(23)18(22)13-17)32(29,30)11-10-26-8-6-25-7-9-26;4-3-1-5-2-3;/h2-5,12-13,20H,6-11,14-16H2,1H3;2-5,12-13,25H,6-11,14H2,1H3;1-2H2;1H. The molecule has 4 aliphatic rings. The quantitative estimate of drug-likeness (QED) is 0.105. The molecule has 406 valence electrons. The number of nitrogens with zero attached hydrogens (tertiary/aromatic N) is 5. The first-order chi connectivity index (χ1) is 34.8. The second kappa shape index (κ2) is 27.9. The fraction of sp³-hybridized carbons (Fsp3) is 0.438. The van der Waals surface area contributed by atoms with Gasteiger partial charge >= 0.3 is 11.9 Å². The summed E-state index contributed by atoms with van der Waals surface area (Å²) in [5.41, 5.74) is 0.338. The minimum atomic E-state index is -3.96. The van der Waals surface area contributed by atoms with Crippen LogP contribution in [0.25, 0.3) is 0 Å². The Balaban J connectivity index is 0.000000248. The number of hydrogen-bond donors (Lipinski definition) is 1. The van der Waals surface area contributed by atoms with Gasteiger partial charge in [0.2, 0.25) is 20.0 Å². The molecule has 0 unspecified atom stereocenters. The normalized spacial score (nSPS) is 16.5. The van der Waals surface area contributed by atoms with Gasteiger partial charge in [-0.15, -0.1) is 12.4 Å². The number of hydrogen-bond acceptors (Lipinski definition) is 15. The van der Waals surface area contributed by atoms with E-state index in [-0.39, 0.29) is 86.5 Å². The van der Waals surface area contributed by atoms with Crippen LogP contribution in [0, 0.1) is 23.3 Å². The lowest BCUT2D eigenvalue weighted by Gasteiger charge is -2.42. The number of nitrogens with one attached hydrogen (secondary N) is 1. The molecule has 4 fully saturated rings. The summed E-state index contributed by atoms with van der Waals surface area (Å²) in [6.45, 7) is 8.20. The molecule has 4 aromatic carbocycles. The molecule has 26 heteroatoms. The third-order valence-electron chi connectivity index (χ3n) is 12.2. The second-order valence-corrected chi connectivity index (χ2v) is 22.0. The highest BCUT2D eigenvalue weighted by molar-refractivity contribution is 7.93. The van der Waals surface area contributed by atoms with Crippen LogP contribution in [-0.2, 0) is 56.9 Å². The molecule has 0 bridgehead atoms. The van der Waals surface area contributed by atoms with E-state index in [1.165, 1.54) is 62.8 Å². The summed E-state index contributed by atoms with van der Waals surface area (Å²) >= 11 is 11.8. The molecule has 0 radical (unpaired) electrons. The summed E-state index contributed by atoms with van der Waals surface area (Å²) in [4.78, 5) is 39.6. The summed E-state index contributed by atoms with van der Waals surface area (Å²) in [6.07, 6.45) is 0. The second-order valence-electron chi connectivity index (χ2n) is 17.1. The number of Topliss-reactive ketones (excluding diaryl/α,β-unsaturated/α-hetero) is 1. The molecule has 0 aromatic heterocycles. The zero-order valence-corrected chi connectivity index (χ0v) is 44.4. The van der Waals surface area contributed by atoms with E-state index in [9.17, 15) is 48.8 Å². The number of sulfonamides is 2. The average Bonchev–Trinajstić information content (AvgIpc) is 3.35. The zero-order valence-electron chi connectivity index (χ0n) is 40.5. The van der Waals surface area contributed by atoms with Gasteiger partial charge in [-0.25, -0.2) is 44.0 Å². The first-order valence-corrected chi connectivity index (χ1v) is 27.0. The van der Waals surface area contributed by atoms with Crippen LogP contribution in [-0.4, -0.2) is 173 Å².